The third-order valence-electron chi connectivity index (χ3n) is 4.63. The number of rotatable bonds is 2. The molecule has 118 valence electrons. The van der Waals surface area contributed by atoms with Crippen LogP contribution in [0.3, 0.4) is 0 Å². The van der Waals surface area contributed by atoms with Crippen LogP contribution in [0.15, 0.2) is 0 Å². The molecule has 1 amide bonds. The highest BCUT2D eigenvalue weighted by atomic mass is 35.5. The largest absolute Gasteiger partial charge is 0.341 e. The van der Waals surface area contributed by atoms with Crippen molar-refractivity contribution in [2.45, 2.75) is 52.9 Å². The molecule has 2 unspecified atom stereocenters. The third-order valence-corrected chi connectivity index (χ3v) is 4.63. The Balaban J connectivity index is 0.00000200. The molecule has 2 rings (SSSR count). The van der Waals surface area contributed by atoms with E-state index in [4.69, 9.17) is 0 Å². The zero-order chi connectivity index (χ0) is 13.9. The van der Waals surface area contributed by atoms with Crippen molar-refractivity contribution in [1.29, 1.82) is 0 Å². The van der Waals surface area contributed by atoms with E-state index in [0.29, 0.717) is 17.2 Å². The minimum Gasteiger partial charge on any atom is -0.341 e. The summed E-state index contributed by atoms with van der Waals surface area (Å²) in [6, 6.07) is 0. The molecule has 0 aromatic rings. The summed E-state index contributed by atoms with van der Waals surface area (Å²) in [5, 5.41) is 3.36. The zero-order valence-electron chi connectivity index (χ0n) is 13.3. The topological polar surface area (TPSA) is 32.3 Å². The predicted octanol–water partition coefficient (Wildman–Crippen LogP) is 3.08. The van der Waals surface area contributed by atoms with E-state index in [1.54, 1.807) is 0 Å². The lowest BCUT2D eigenvalue weighted by molar-refractivity contribution is -0.132. The molecule has 0 aromatic heterocycles. The van der Waals surface area contributed by atoms with Gasteiger partial charge in [0.1, 0.15) is 0 Å². The molecule has 2 aliphatic rings. The second kappa shape index (κ2) is 7.65. The van der Waals surface area contributed by atoms with E-state index in [1.165, 1.54) is 19.3 Å². The molecule has 1 saturated carbocycles. The molecule has 0 aromatic carbocycles. The number of carbonyl (C=O) groups excluding carboxylic acids is 1. The van der Waals surface area contributed by atoms with Crippen molar-refractivity contribution in [2.75, 3.05) is 26.2 Å². The van der Waals surface area contributed by atoms with Crippen LogP contribution in [0.5, 0.6) is 0 Å². The molecule has 0 radical (unpaired) electrons. The Labute approximate surface area is 130 Å². The summed E-state index contributed by atoms with van der Waals surface area (Å²) in [6.07, 6.45) is 5.63. The normalized spacial score (nSPS) is 30.2. The van der Waals surface area contributed by atoms with Gasteiger partial charge in [-0.2, -0.15) is 0 Å². The quantitative estimate of drug-likeness (QED) is 0.850. The van der Waals surface area contributed by atoms with Crippen molar-refractivity contribution in [3.63, 3.8) is 0 Å². The summed E-state index contributed by atoms with van der Waals surface area (Å²) >= 11 is 0. The minimum atomic E-state index is 0. The minimum absolute atomic E-state index is 0. The van der Waals surface area contributed by atoms with Gasteiger partial charge in [-0.1, -0.05) is 20.8 Å². The highest BCUT2D eigenvalue weighted by Crippen LogP contribution is 2.42. The van der Waals surface area contributed by atoms with Gasteiger partial charge in [0.2, 0.25) is 5.91 Å². The fourth-order valence-corrected chi connectivity index (χ4v) is 4.17. The van der Waals surface area contributed by atoms with Gasteiger partial charge >= 0.3 is 0 Å². The smallest absolute Gasteiger partial charge is 0.222 e. The van der Waals surface area contributed by atoms with Crippen LogP contribution in [0.4, 0.5) is 0 Å². The van der Waals surface area contributed by atoms with E-state index < -0.39 is 0 Å². The first-order chi connectivity index (χ1) is 8.96. The van der Waals surface area contributed by atoms with Crippen LogP contribution in [0.1, 0.15) is 52.9 Å². The Bertz CT molecular complexity index is 312. The molecule has 20 heavy (non-hydrogen) atoms. The molecule has 4 heteroatoms. The number of hydrogen-bond donors (Lipinski definition) is 1. The highest BCUT2D eigenvalue weighted by Gasteiger charge is 2.33. The van der Waals surface area contributed by atoms with Crippen LogP contribution in [0.25, 0.3) is 0 Å². The van der Waals surface area contributed by atoms with Gasteiger partial charge in [0.25, 0.3) is 0 Å². The average molecular weight is 303 g/mol. The zero-order valence-corrected chi connectivity index (χ0v) is 14.1. The molecule has 1 heterocycles. The number of nitrogens with zero attached hydrogens (tertiary/aromatic N) is 1. The van der Waals surface area contributed by atoms with E-state index >= 15 is 0 Å². The molecule has 1 N–H and O–H groups in total. The van der Waals surface area contributed by atoms with E-state index in [2.05, 4.69) is 31.0 Å². The SMILES string of the molecule is CC1CC(CC(=O)N2CCCNCC2)CC(C)(C)C1.Cl. The van der Waals surface area contributed by atoms with E-state index in [0.717, 1.165) is 44.9 Å². The van der Waals surface area contributed by atoms with Gasteiger partial charge in [-0.05, 0) is 49.5 Å². The van der Waals surface area contributed by atoms with Crippen LogP contribution in [-0.4, -0.2) is 37.0 Å². The van der Waals surface area contributed by atoms with Crippen LogP contribution in [0, 0.1) is 17.3 Å². The summed E-state index contributed by atoms with van der Waals surface area (Å²) < 4.78 is 0. The van der Waals surface area contributed by atoms with Gasteiger partial charge in [-0.3, -0.25) is 4.79 Å². The van der Waals surface area contributed by atoms with Gasteiger partial charge in [0.15, 0.2) is 0 Å². The first kappa shape index (κ1) is 17.8. The van der Waals surface area contributed by atoms with Crippen molar-refractivity contribution < 1.29 is 4.79 Å². The lowest BCUT2D eigenvalue weighted by atomic mass is 9.67. The second-order valence-corrected chi connectivity index (χ2v) is 7.47. The Morgan fingerprint density at radius 2 is 2.00 bits per heavy atom. The molecule has 1 aliphatic heterocycles. The van der Waals surface area contributed by atoms with E-state index in [-0.39, 0.29) is 12.4 Å². The lowest BCUT2D eigenvalue weighted by Gasteiger charge is -2.39. The van der Waals surface area contributed by atoms with Crippen molar-refractivity contribution in [3.8, 4) is 0 Å². The second-order valence-electron chi connectivity index (χ2n) is 7.47. The predicted molar refractivity (Wildman–Crippen MR) is 86.2 cm³/mol. The third kappa shape index (κ3) is 5.25. The van der Waals surface area contributed by atoms with Gasteiger partial charge in [-0.25, -0.2) is 0 Å². The summed E-state index contributed by atoms with van der Waals surface area (Å²) in [4.78, 5) is 14.5. The van der Waals surface area contributed by atoms with Gasteiger partial charge < -0.3 is 10.2 Å². The summed E-state index contributed by atoms with van der Waals surface area (Å²) in [5.41, 5.74) is 0.420. The van der Waals surface area contributed by atoms with Crippen molar-refractivity contribution in [1.82, 2.24) is 10.2 Å². The summed E-state index contributed by atoms with van der Waals surface area (Å²) in [6.45, 7) is 10.9. The molecule has 0 spiro atoms. The van der Waals surface area contributed by atoms with Crippen LogP contribution in [-0.2, 0) is 4.79 Å². The first-order valence-corrected chi connectivity index (χ1v) is 7.95. The average Bonchev–Trinajstić information content (AvgIpc) is 2.54. The number of carbonyl (C=O) groups is 1. The Morgan fingerprint density at radius 1 is 1.25 bits per heavy atom. The van der Waals surface area contributed by atoms with Crippen LogP contribution >= 0.6 is 12.4 Å². The maximum Gasteiger partial charge on any atom is 0.222 e. The maximum absolute atomic E-state index is 12.4. The van der Waals surface area contributed by atoms with E-state index in [9.17, 15) is 4.79 Å². The lowest BCUT2D eigenvalue weighted by Crippen LogP contribution is -2.37. The number of nitrogens with one attached hydrogen (secondary N) is 1. The Kier molecular flexibility index (Phi) is 6.80. The monoisotopic (exact) mass is 302 g/mol. The fraction of sp³-hybridized carbons (Fsp3) is 0.938. The Morgan fingerprint density at radius 3 is 2.70 bits per heavy atom. The summed E-state index contributed by atoms with van der Waals surface area (Å²) in [5.74, 6) is 1.76. The maximum atomic E-state index is 12.4. The number of hydrogen-bond acceptors (Lipinski definition) is 2. The summed E-state index contributed by atoms with van der Waals surface area (Å²) in [7, 11) is 0. The Hall–Kier alpha value is -0.280. The van der Waals surface area contributed by atoms with Crippen molar-refractivity contribution in [3.05, 3.63) is 0 Å². The standard InChI is InChI=1S/C16H30N2O.ClH/c1-13-9-14(12-16(2,3)11-13)10-15(19)18-7-4-5-17-6-8-18;/h13-14,17H,4-12H2,1-3H3;1H. The fourth-order valence-electron chi connectivity index (χ4n) is 4.17. The van der Waals surface area contributed by atoms with Gasteiger partial charge in [-0.15, -0.1) is 12.4 Å². The molecular weight excluding hydrogens is 272 g/mol. The molecule has 3 nitrogen and oxygen atoms in total. The molecule has 2 atom stereocenters. The highest BCUT2D eigenvalue weighted by molar-refractivity contribution is 5.85. The number of amides is 1. The van der Waals surface area contributed by atoms with Crippen LogP contribution < -0.4 is 5.32 Å². The van der Waals surface area contributed by atoms with Crippen LogP contribution in [0.2, 0.25) is 0 Å². The molecule has 1 saturated heterocycles. The van der Waals surface area contributed by atoms with Crippen molar-refractivity contribution in [2.24, 2.45) is 17.3 Å². The molecule has 1 aliphatic carbocycles. The van der Waals surface area contributed by atoms with Gasteiger partial charge in [0, 0.05) is 26.1 Å². The molecule has 0 bridgehead atoms. The first-order valence-electron chi connectivity index (χ1n) is 7.95. The van der Waals surface area contributed by atoms with Crippen molar-refractivity contribution >= 4 is 18.3 Å². The number of halogens is 1. The molecule has 2 fully saturated rings. The molecular formula is C16H31ClN2O. The van der Waals surface area contributed by atoms with Gasteiger partial charge in [0.05, 0.1) is 0 Å². The van der Waals surface area contributed by atoms with E-state index in [1.807, 2.05) is 0 Å².